The van der Waals surface area contributed by atoms with E-state index in [4.69, 9.17) is 0 Å². The van der Waals surface area contributed by atoms with Crippen LogP contribution in [0.1, 0.15) is 84.1 Å². The SMILES string of the molecule is C[C@H](CCC(=O)NC(Cc1ccccc1)C(=O)O)[C@H]1CC[C@H]2[C@@H]3[C@H](O)C[C@@H]4C[C@H](O)CC[C@]4(C)[C@H]3C[C@H](O)[C@]12C. The van der Waals surface area contributed by atoms with Gasteiger partial charge < -0.3 is 25.7 Å². The molecule has 222 valence electrons. The number of hydrogen-bond donors (Lipinski definition) is 5. The molecule has 7 nitrogen and oxygen atoms in total. The van der Waals surface area contributed by atoms with Crippen LogP contribution in [0.25, 0.3) is 0 Å². The molecular formula is C33H49NO6. The molecule has 0 heterocycles. The maximum absolute atomic E-state index is 12.8. The summed E-state index contributed by atoms with van der Waals surface area (Å²) in [5.74, 6) is 0.120. The third-order valence-corrected chi connectivity index (χ3v) is 12.3. The first-order chi connectivity index (χ1) is 18.9. The molecule has 40 heavy (non-hydrogen) atoms. The Morgan fingerprint density at radius 3 is 2.42 bits per heavy atom. The van der Waals surface area contributed by atoms with E-state index in [1.54, 1.807) is 0 Å². The van der Waals surface area contributed by atoms with Gasteiger partial charge in [-0.1, -0.05) is 51.1 Å². The van der Waals surface area contributed by atoms with Crippen molar-refractivity contribution in [3.05, 3.63) is 35.9 Å². The van der Waals surface area contributed by atoms with Gasteiger partial charge >= 0.3 is 5.97 Å². The highest BCUT2D eigenvalue weighted by Crippen LogP contribution is 2.68. The fourth-order valence-electron chi connectivity index (χ4n) is 10.0. The maximum Gasteiger partial charge on any atom is 0.326 e. The summed E-state index contributed by atoms with van der Waals surface area (Å²) in [4.78, 5) is 24.7. The highest BCUT2D eigenvalue weighted by atomic mass is 16.4. The highest BCUT2D eigenvalue weighted by Gasteiger charge is 2.65. The molecule has 0 bridgehead atoms. The number of carboxylic acid groups (broad SMARTS) is 1. The van der Waals surface area contributed by atoms with E-state index >= 15 is 0 Å². The average molecular weight is 556 g/mol. The summed E-state index contributed by atoms with van der Waals surface area (Å²) in [6.07, 6.45) is 5.91. The number of aliphatic carboxylic acids is 1. The lowest BCUT2D eigenvalue weighted by Crippen LogP contribution is -2.62. The van der Waals surface area contributed by atoms with Gasteiger partial charge in [0.05, 0.1) is 18.3 Å². The molecule has 1 unspecified atom stereocenters. The van der Waals surface area contributed by atoms with Crippen LogP contribution in [0, 0.1) is 46.3 Å². The molecule has 7 heteroatoms. The molecule has 1 aromatic carbocycles. The smallest absolute Gasteiger partial charge is 0.326 e. The van der Waals surface area contributed by atoms with Crippen molar-refractivity contribution in [3.63, 3.8) is 0 Å². The number of aliphatic hydroxyl groups is 3. The van der Waals surface area contributed by atoms with Crippen molar-refractivity contribution in [1.82, 2.24) is 5.32 Å². The van der Waals surface area contributed by atoms with Crippen LogP contribution < -0.4 is 5.32 Å². The van der Waals surface area contributed by atoms with Gasteiger partial charge in [-0.3, -0.25) is 4.79 Å². The molecule has 0 saturated heterocycles. The van der Waals surface area contributed by atoms with Crippen LogP contribution in [0.4, 0.5) is 0 Å². The Bertz CT molecular complexity index is 1060. The topological polar surface area (TPSA) is 127 Å². The number of carbonyl (C=O) groups excluding carboxylic acids is 1. The second kappa shape index (κ2) is 11.4. The van der Waals surface area contributed by atoms with Crippen LogP contribution in [-0.2, 0) is 16.0 Å². The van der Waals surface area contributed by atoms with Gasteiger partial charge in [0.15, 0.2) is 0 Å². The quantitative estimate of drug-likeness (QED) is 0.328. The standard InChI is InChI=1S/C33H49NO6/c1-19(9-12-29(38)34-26(31(39)40)15-20-7-5-4-6-8-20)23-10-11-24-30-25(18-28(37)33(23,24)3)32(2)14-13-22(35)16-21(32)17-27(30)36/h4-8,19,21-28,30,35-37H,9-18H2,1-3H3,(H,34,38)(H,39,40)/t19-,21+,22-,23-,24+,25+,26?,27-,28+,30+,32+,33-/m1/s1. The predicted molar refractivity (Wildman–Crippen MR) is 152 cm³/mol. The van der Waals surface area contributed by atoms with E-state index in [0.717, 1.165) is 44.1 Å². The number of carboxylic acids is 1. The normalized spacial score (nSPS) is 42.1. The highest BCUT2D eigenvalue weighted by molar-refractivity contribution is 5.83. The number of benzene rings is 1. The van der Waals surface area contributed by atoms with Crippen LogP contribution in [0.5, 0.6) is 0 Å². The van der Waals surface area contributed by atoms with E-state index in [0.29, 0.717) is 18.8 Å². The lowest BCUT2D eigenvalue weighted by molar-refractivity contribution is -0.207. The van der Waals surface area contributed by atoms with Gasteiger partial charge in [-0.05, 0) is 103 Å². The van der Waals surface area contributed by atoms with E-state index in [1.165, 1.54) is 0 Å². The lowest BCUT2D eigenvalue weighted by Gasteiger charge is -2.63. The summed E-state index contributed by atoms with van der Waals surface area (Å²) >= 11 is 0. The minimum absolute atomic E-state index is 0.0493. The monoisotopic (exact) mass is 555 g/mol. The third-order valence-electron chi connectivity index (χ3n) is 12.3. The second-order valence-corrected chi connectivity index (χ2v) is 14.2. The molecule has 1 amide bonds. The number of fused-ring (bicyclic) bond motifs is 5. The summed E-state index contributed by atoms with van der Waals surface area (Å²) in [6, 6.07) is 8.36. The fraction of sp³-hybridized carbons (Fsp3) is 0.758. The van der Waals surface area contributed by atoms with Crippen molar-refractivity contribution >= 4 is 11.9 Å². The molecular weight excluding hydrogens is 506 g/mol. The number of rotatable bonds is 8. The first-order valence-corrected chi connectivity index (χ1v) is 15.5. The van der Waals surface area contributed by atoms with E-state index in [1.807, 2.05) is 30.3 Å². The number of hydrogen-bond acceptors (Lipinski definition) is 5. The van der Waals surface area contributed by atoms with Crippen LogP contribution in [-0.4, -0.2) is 56.7 Å². The Kier molecular flexibility index (Phi) is 8.40. The summed E-state index contributed by atoms with van der Waals surface area (Å²) in [5.41, 5.74) is 0.604. The van der Waals surface area contributed by atoms with Crippen molar-refractivity contribution in [2.75, 3.05) is 0 Å². The molecule has 0 spiro atoms. The maximum atomic E-state index is 12.8. The molecule has 1 aromatic rings. The fourth-order valence-corrected chi connectivity index (χ4v) is 10.0. The summed E-state index contributed by atoms with van der Waals surface area (Å²) < 4.78 is 0. The molecule has 0 radical (unpaired) electrons. The van der Waals surface area contributed by atoms with Gasteiger partial charge in [0.2, 0.25) is 5.91 Å². The van der Waals surface area contributed by atoms with Crippen LogP contribution >= 0.6 is 0 Å². The zero-order valence-corrected chi connectivity index (χ0v) is 24.3. The van der Waals surface area contributed by atoms with Crippen molar-refractivity contribution in [3.8, 4) is 0 Å². The molecule has 4 aliphatic carbocycles. The minimum Gasteiger partial charge on any atom is -0.480 e. The van der Waals surface area contributed by atoms with Crippen LogP contribution in [0.2, 0.25) is 0 Å². The predicted octanol–water partition coefficient (Wildman–Crippen LogP) is 4.18. The second-order valence-electron chi connectivity index (χ2n) is 14.2. The molecule has 4 aliphatic rings. The lowest BCUT2D eigenvalue weighted by atomic mass is 9.43. The largest absolute Gasteiger partial charge is 0.480 e. The van der Waals surface area contributed by atoms with E-state index in [-0.39, 0.29) is 65.3 Å². The minimum atomic E-state index is -1.04. The Hall–Kier alpha value is -1.96. The van der Waals surface area contributed by atoms with Crippen LogP contribution in [0.15, 0.2) is 30.3 Å². The van der Waals surface area contributed by atoms with Crippen molar-refractivity contribution in [2.45, 2.75) is 109 Å². The number of amides is 1. The number of aliphatic hydroxyl groups excluding tert-OH is 3. The number of nitrogens with one attached hydrogen (secondary N) is 1. The first-order valence-electron chi connectivity index (χ1n) is 15.5. The zero-order valence-electron chi connectivity index (χ0n) is 24.3. The third kappa shape index (κ3) is 5.22. The van der Waals surface area contributed by atoms with Gasteiger partial charge in [0.1, 0.15) is 6.04 Å². The van der Waals surface area contributed by atoms with Crippen molar-refractivity contribution in [1.29, 1.82) is 0 Å². The Balaban J connectivity index is 1.23. The van der Waals surface area contributed by atoms with E-state index in [9.17, 15) is 30.0 Å². The van der Waals surface area contributed by atoms with Crippen molar-refractivity contribution in [2.24, 2.45) is 46.3 Å². The molecule has 0 aliphatic heterocycles. The Morgan fingerprint density at radius 1 is 1.00 bits per heavy atom. The Labute approximate surface area is 238 Å². The summed E-state index contributed by atoms with van der Waals surface area (Å²) in [7, 11) is 0. The molecule has 4 saturated carbocycles. The molecule has 5 N–H and O–H groups in total. The van der Waals surface area contributed by atoms with Gasteiger partial charge in [-0.15, -0.1) is 0 Å². The molecule has 12 atom stereocenters. The summed E-state index contributed by atoms with van der Waals surface area (Å²) in [6.45, 7) is 6.73. The molecule has 5 rings (SSSR count). The van der Waals surface area contributed by atoms with E-state index in [2.05, 4.69) is 26.1 Å². The first kappa shape index (κ1) is 29.5. The van der Waals surface area contributed by atoms with Gasteiger partial charge in [-0.2, -0.15) is 0 Å². The van der Waals surface area contributed by atoms with Gasteiger partial charge in [0, 0.05) is 12.8 Å². The van der Waals surface area contributed by atoms with Gasteiger partial charge in [0.25, 0.3) is 0 Å². The molecule has 0 aromatic heterocycles. The zero-order chi connectivity index (χ0) is 28.8. The average Bonchev–Trinajstić information content (AvgIpc) is 3.27. The summed E-state index contributed by atoms with van der Waals surface area (Å²) in [5, 5.41) is 45.9. The number of carbonyl (C=O) groups is 2. The van der Waals surface area contributed by atoms with Crippen LogP contribution in [0.3, 0.4) is 0 Å². The van der Waals surface area contributed by atoms with Gasteiger partial charge in [-0.25, -0.2) is 4.79 Å². The van der Waals surface area contributed by atoms with E-state index < -0.39 is 24.2 Å². The Morgan fingerprint density at radius 2 is 1.73 bits per heavy atom. The molecule has 4 fully saturated rings. The van der Waals surface area contributed by atoms with Crippen molar-refractivity contribution < 1.29 is 30.0 Å².